The summed E-state index contributed by atoms with van der Waals surface area (Å²) in [5.74, 6) is -0.301. The average molecular weight is 477 g/mol. The van der Waals surface area contributed by atoms with Gasteiger partial charge in [-0.25, -0.2) is 0 Å². The van der Waals surface area contributed by atoms with Gasteiger partial charge in [-0.15, -0.1) is 10.2 Å². The molecule has 0 amide bonds. The Balaban J connectivity index is 1.97. The largest absolute Gasteiger partial charge is 0.505 e. The molecule has 0 aliphatic carbocycles. The SMILES string of the molecule is CC=Nc1ccc(N=Nc2c(S(=O)(=O)OC)cc3cccc(NCC)c3c2O)c2ccccc12. The Bertz CT molecular complexity index is 1550. The van der Waals surface area contributed by atoms with Crippen molar-refractivity contribution in [2.45, 2.75) is 18.7 Å². The number of aliphatic imine (C=N–C) groups is 1. The maximum Gasteiger partial charge on any atom is 0.299 e. The van der Waals surface area contributed by atoms with Crippen LogP contribution < -0.4 is 5.32 Å². The summed E-state index contributed by atoms with van der Waals surface area (Å²) in [5, 5.41) is 25.5. The Labute approximate surface area is 197 Å². The minimum atomic E-state index is -4.18. The summed E-state index contributed by atoms with van der Waals surface area (Å²) in [4.78, 5) is 4.12. The maximum absolute atomic E-state index is 12.7. The van der Waals surface area contributed by atoms with Gasteiger partial charge in [0.1, 0.15) is 10.6 Å². The number of hydrogen-bond acceptors (Lipinski definition) is 8. The van der Waals surface area contributed by atoms with E-state index in [1.807, 2.05) is 44.2 Å². The number of azo groups is 1. The van der Waals surface area contributed by atoms with Crippen LogP contribution in [0.5, 0.6) is 5.75 Å². The van der Waals surface area contributed by atoms with Gasteiger partial charge in [-0.2, -0.15) is 8.42 Å². The molecule has 0 saturated carbocycles. The molecule has 0 saturated heterocycles. The Morgan fingerprint density at radius 3 is 2.38 bits per heavy atom. The minimum absolute atomic E-state index is 0.195. The predicted octanol–water partition coefficient (Wildman–Crippen LogP) is 6.60. The minimum Gasteiger partial charge on any atom is -0.505 e. The number of nitrogens with one attached hydrogen (secondary N) is 1. The lowest BCUT2D eigenvalue weighted by molar-refractivity contribution is 0.397. The first kappa shape index (κ1) is 23.3. The molecule has 9 heteroatoms. The van der Waals surface area contributed by atoms with Crippen LogP contribution in [0.3, 0.4) is 0 Å². The van der Waals surface area contributed by atoms with Crippen molar-refractivity contribution >= 4 is 60.6 Å². The van der Waals surface area contributed by atoms with Gasteiger partial charge in [0.05, 0.1) is 18.5 Å². The fourth-order valence-corrected chi connectivity index (χ4v) is 4.65. The highest BCUT2D eigenvalue weighted by Gasteiger charge is 2.25. The van der Waals surface area contributed by atoms with Crippen molar-refractivity contribution < 1.29 is 17.7 Å². The van der Waals surface area contributed by atoms with E-state index in [0.29, 0.717) is 28.7 Å². The second kappa shape index (κ2) is 9.58. The van der Waals surface area contributed by atoms with Crippen molar-refractivity contribution in [2.24, 2.45) is 15.2 Å². The quantitative estimate of drug-likeness (QED) is 0.177. The summed E-state index contributed by atoms with van der Waals surface area (Å²) in [6.45, 7) is 4.38. The fourth-order valence-electron chi connectivity index (χ4n) is 3.82. The first-order chi connectivity index (χ1) is 16.4. The number of fused-ring (bicyclic) bond motifs is 2. The number of phenols is 1. The Kier molecular flexibility index (Phi) is 6.58. The third-order valence-corrected chi connectivity index (χ3v) is 6.63. The first-order valence-corrected chi connectivity index (χ1v) is 12.1. The topological polar surface area (TPSA) is 113 Å². The molecule has 174 valence electrons. The molecule has 0 fully saturated rings. The van der Waals surface area contributed by atoms with E-state index in [1.54, 1.807) is 30.5 Å². The van der Waals surface area contributed by atoms with E-state index in [4.69, 9.17) is 4.18 Å². The number of aromatic hydroxyl groups is 1. The second-order valence-electron chi connectivity index (χ2n) is 7.36. The van der Waals surface area contributed by atoms with Crippen LogP contribution in [0.4, 0.5) is 22.7 Å². The number of phenolic OH excluding ortho intramolecular Hbond substituents is 1. The van der Waals surface area contributed by atoms with Crippen molar-refractivity contribution in [3.8, 4) is 5.75 Å². The van der Waals surface area contributed by atoms with E-state index in [0.717, 1.165) is 23.6 Å². The normalized spacial score (nSPS) is 12.3. The van der Waals surface area contributed by atoms with Gasteiger partial charge in [0.2, 0.25) is 0 Å². The van der Waals surface area contributed by atoms with Gasteiger partial charge in [-0.3, -0.25) is 9.18 Å². The van der Waals surface area contributed by atoms with Crippen molar-refractivity contribution in [3.05, 3.63) is 60.7 Å². The molecular formula is C25H24N4O4S. The third-order valence-electron chi connectivity index (χ3n) is 5.34. The van der Waals surface area contributed by atoms with Gasteiger partial charge >= 0.3 is 0 Å². The molecule has 0 radical (unpaired) electrons. The monoisotopic (exact) mass is 476 g/mol. The van der Waals surface area contributed by atoms with Crippen LogP contribution in [0.1, 0.15) is 13.8 Å². The zero-order valence-corrected chi connectivity index (χ0v) is 19.8. The summed E-state index contributed by atoms with van der Waals surface area (Å²) in [6.07, 6.45) is 1.71. The molecule has 0 atom stereocenters. The van der Waals surface area contributed by atoms with Crippen molar-refractivity contribution in [1.29, 1.82) is 0 Å². The van der Waals surface area contributed by atoms with Gasteiger partial charge in [-0.05, 0) is 43.5 Å². The Morgan fingerprint density at radius 1 is 1.00 bits per heavy atom. The van der Waals surface area contributed by atoms with E-state index in [1.165, 1.54) is 6.07 Å². The summed E-state index contributed by atoms with van der Waals surface area (Å²) >= 11 is 0. The highest BCUT2D eigenvalue weighted by Crippen LogP contribution is 2.45. The molecule has 34 heavy (non-hydrogen) atoms. The van der Waals surface area contributed by atoms with Gasteiger partial charge < -0.3 is 10.4 Å². The van der Waals surface area contributed by atoms with Crippen molar-refractivity contribution in [1.82, 2.24) is 0 Å². The number of anilines is 1. The molecule has 4 aromatic rings. The van der Waals surface area contributed by atoms with E-state index in [2.05, 4.69) is 20.5 Å². The van der Waals surface area contributed by atoms with Gasteiger partial charge in [-0.1, -0.05) is 36.4 Å². The number of hydrogen-bond donors (Lipinski definition) is 2. The first-order valence-electron chi connectivity index (χ1n) is 10.7. The Morgan fingerprint density at radius 2 is 1.71 bits per heavy atom. The van der Waals surface area contributed by atoms with Crippen LogP contribution in [-0.2, 0) is 14.3 Å². The number of benzene rings is 4. The van der Waals surface area contributed by atoms with Crippen LogP contribution in [0, 0.1) is 0 Å². The zero-order valence-electron chi connectivity index (χ0n) is 19.0. The second-order valence-corrected chi connectivity index (χ2v) is 9.04. The molecule has 0 spiro atoms. The molecule has 2 N–H and O–H groups in total. The van der Waals surface area contributed by atoms with Crippen molar-refractivity contribution in [2.75, 3.05) is 19.0 Å². The van der Waals surface area contributed by atoms with Crippen LogP contribution >= 0.6 is 0 Å². The van der Waals surface area contributed by atoms with E-state index >= 15 is 0 Å². The molecule has 0 aliphatic rings. The van der Waals surface area contributed by atoms with E-state index in [9.17, 15) is 13.5 Å². The fraction of sp³-hybridized carbons (Fsp3) is 0.160. The molecule has 0 bridgehead atoms. The van der Waals surface area contributed by atoms with Gasteiger partial charge in [0, 0.05) is 34.6 Å². The molecule has 8 nitrogen and oxygen atoms in total. The molecular weight excluding hydrogens is 452 g/mol. The third kappa shape index (κ3) is 4.23. The van der Waals surface area contributed by atoms with E-state index in [-0.39, 0.29) is 16.3 Å². The lowest BCUT2D eigenvalue weighted by atomic mass is 10.1. The summed E-state index contributed by atoms with van der Waals surface area (Å²) in [5.41, 5.74) is 1.75. The van der Waals surface area contributed by atoms with Crippen LogP contribution in [0.15, 0.2) is 80.8 Å². The molecule has 0 unspecified atom stereocenters. The zero-order chi connectivity index (χ0) is 24.3. The number of nitrogens with zero attached hydrogens (tertiary/aromatic N) is 3. The Hall–Kier alpha value is -3.82. The summed E-state index contributed by atoms with van der Waals surface area (Å²) < 4.78 is 30.1. The smallest absolute Gasteiger partial charge is 0.299 e. The highest BCUT2D eigenvalue weighted by molar-refractivity contribution is 7.87. The number of rotatable bonds is 7. The summed E-state index contributed by atoms with van der Waals surface area (Å²) in [6, 6.07) is 17.9. The van der Waals surface area contributed by atoms with Gasteiger partial charge in [0.25, 0.3) is 10.1 Å². The van der Waals surface area contributed by atoms with E-state index < -0.39 is 10.1 Å². The summed E-state index contributed by atoms with van der Waals surface area (Å²) in [7, 11) is -3.12. The molecule has 4 aromatic carbocycles. The van der Waals surface area contributed by atoms with Crippen LogP contribution in [-0.4, -0.2) is 33.4 Å². The molecule has 0 heterocycles. The highest BCUT2D eigenvalue weighted by atomic mass is 32.2. The molecule has 4 rings (SSSR count). The lowest BCUT2D eigenvalue weighted by Gasteiger charge is -2.14. The standard InChI is InChI=1S/C25H24N4O4S/c1-4-26-19-13-14-20(18-11-7-6-10-17(18)19)28-29-24-22(34(31,32)33-3)15-16-9-8-12-21(27-5-2)23(16)25(24)30/h4,6-15,27,30H,5H2,1-3H3. The van der Waals surface area contributed by atoms with Crippen molar-refractivity contribution in [3.63, 3.8) is 0 Å². The van der Waals surface area contributed by atoms with Gasteiger partial charge in [0.15, 0.2) is 5.75 Å². The average Bonchev–Trinajstić information content (AvgIpc) is 2.84. The van der Waals surface area contributed by atoms with Crippen LogP contribution in [0.2, 0.25) is 0 Å². The maximum atomic E-state index is 12.7. The van der Waals surface area contributed by atoms with Crippen LogP contribution in [0.25, 0.3) is 21.5 Å². The predicted molar refractivity (Wildman–Crippen MR) is 136 cm³/mol. The lowest BCUT2D eigenvalue weighted by Crippen LogP contribution is -2.04. The molecule has 0 aliphatic heterocycles. The molecule has 0 aromatic heterocycles.